The van der Waals surface area contributed by atoms with Gasteiger partial charge in [0.15, 0.2) is 0 Å². The molecule has 0 saturated carbocycles. The van der Waals surface area contributed by atoms with Crippen LogP contribution in [0, 0.1) is 0 Å². The maximum atomic E-state index is 5.66. The highest BCUT2D eigenvalue weighted by Gasteiger charge is 2.06. The molecular formula is C11H14Cl2O2. The molecule has 0 aliphatic carbocycles. The molecule has 0 bridgehead atoms. The van der Waals surface area contributed by atoms with Crippen molar-refractivity contribution in [3.63, 3.8) is 0 Å². The predicted molar refractivity (Wildman–Crippen MR) is 62.4 cm³/mol. The van der Waals surface area contributed by atoms with Gasteiger partial charge in [-0.1, -0.05) is 41.9 Å². The van der Waals surface area contributed by atoms with Gasteiger partial charge in [0.1, 0.15) is 6.07 Å². The maximum Gasteiger partial charge on any atom is 0.121 e. The summed E-state index contributed by atoms with van der Waals surface area (Å²) in [4.78, 5) is 0. The number of ether oxygens (including phenoxy) is 2. The van der Waals surface area contributed by atoms with Crippen molar-refractivity contribution in [2.75, 3.05) is 18.6 Å². The average molecular weight is 249 g/mol. The van der Waals surface area contributed by atoms with Gasteiger partial charge in [0, 0.05) is 0 Å². The lowest BCUT2D eigenvalue weighted by molar-refractivity contribution is 0.00644. The van der Waals surface area contributed by atoms with Gasteiger partial charge in [0.05, 0.1) is 25.2 Å². The molecule has 2 nitrogen and oxygen atoms in total. The minimum absolute atomic E-state index is 0.132. The standard InChI is InChI=1S/C11H14Cl2O2/c12-6-11(15-9-13)8-14-7-10-4-2-1-3-5-10/h1-5,11H,6-9H2/t11-/m0/s1. The van der Waals surface area contributed by atoms with Crippen LogP contribution < -0.4 is 0 Å². The summed E-state index contributed by atoms with van der Waals surface area (Å²) < 4.78 is 10.6. The molecule has 0 aliphatic rings. The van der Waals surface area contributed by atoms with Crippen molar-refractivity contribution in [1.29, 1.82) is 0 Å². The van der Waals surface area contributed by atoms with Gasteiger partial charge in [-0.15, -0.1) is 11.6 Å². The molecule has 1 rings (SSSR count). The summed E-state index contributed by atoms with van der Waals surface area (Å²) in [5, 5.41) is 0. The molecule has 1 aromatic carbocycles. The zero-order valence-corrected chi connectivity index (χ0v) is 9.88. The van der Waals surface area contributed by atoms with Crippen LogP contribution in [0.15, 0.2) is 30.3 Å². The first-order valence-electron chi connectivity index (χ1n) is 4.72. The molecule has 1 aromatic rings. The second kappa shape index (κ2) is 7.94. The summed E-state index contributed by atoms with van der Waals surface area (Å²) in [5.41, 5.74) is 1.14. The lowest BCUT2D eigenvalue weighted by Crippen LogP contribution is -2.21. The number of hydrogen-bond acceptors (Lipinski definition) is 2. The van der Waals surface area contributed by atoms with Crippen LogP contribution >= 0.6 is 23.2 Å². The number of alkyl halides is 2. The first-order valence-corrected chi connectivity index (χ1v) is 5.79. The van der Waals surface area contributed by atoms with E-state index in [1.807, 2.05) is 30.3 Å². The Bertz CT molecular complexity index is 254. The van der Waals surface area contributed by atoms with Gasteiger partial charge in [-0.3, -0.25) is 0 Å². The molecule has 0 aromatic heterocycles. The summed E-state index contributed by atoms with van der Waals surface area (Å²) in [6, 6.07) is 10.1. The van der Waals surface area contributed by atoms with E-state index < -0.39 is 0 Å². The van der Waals surface area contributed by atoms with Crippen molar-refractivity contribution in [2.45, 2.75) is 12.7 Å². The fraction of sp³-hybridized carbons (Fsp3) is 0.455. The van der Waals surface area contributed by atoms with E-state index >= 15 is 0 Å². The summed E-state index contributed by atoms with van der Waals surface area (Å²) in [5.74, 6) is 0.390. The maximum absolute atomic E-state index is 5.66. The van der Waals surface area contributed by atoms with E-state index in [1.54, 1.807) is 0 Å². The summed E-state index contributed by atoms with van der Waals surface area (Å²) in [6.45, 7) is 1.03. The minimum atomic E-state index is -0.132. The van der Waals surface area contributed by atoms with Crippen molar-refractivity contribution in [1.82, 2.24) is 0 Å². The predicted octanol–water partition coefficient (Wildman–Crippen LogP) is 3.02. The number of benzene rings is 1. The van der Waals surface area contributed by atoms with Crippen molar-refractivity contribution >= 4 is 23.2 Å². The van der Waals surface area contributed by atoms with Crippen LogP contribution in [0.5, 0.6) is 0 Å². The fourth-order valence-corrected chi connectivity index (χ4v) is 1.47. The molecule has 0 spiro atoms. The van der Waals surface area contributed by atoms with Crippen molar-refractivity contribution in [3.8, 4) is 0 Å². The number of halogens is 2. The third-order valence-electron chi connectivity index (χ3n) is 1.89. The molecule has 0 fully saturated rings. The SMILES string of the molecule is ClCO[C@@H](CCl)COCc1ccccc1. The monoisotopic (exact) mass is 248 g/mol. The van der Waals surface area contributed by atoms with Gasteiger partial charge in [-0.25, -0.2) is 0 Å². The quantitative estimate of drug-likeness (QED) is 0.691. The van der Waals surface area contributed by atoms with Crippen LogP contribution in [0.4, 0.5) is 0 Å². The summed E-state index contributed by atoms with van der Waals surface area (Å²) in [6.07, 6.45) is -0.132. The summed E-state index contributed by atoms with van der Waals surface area (Å²) >= 11 is 11.1. The second-order valence-electron chi connectivity index (χ2n) is 3.05. The van der Waals surface area contributed by atoms with E-state index in [-0.39, 0.29) is 12.2 Å². The Kier molecular flexibility index (Phi) is 6.77. The Morgan fingerprint density at radius 2 is 1.87 bits per heavy atom. The molecule has 0 N–H and O–H groups in total. The second-order valence-corrected chi connectivity index (χ2v) is 3.58. The van der Waals surface area contributed by atoms with Crippen LogP contribution in [0.1, 0.15) is 5.56 Å². The average Bonchev–Trinajstić information content (AvgIpc) is 2.29. The van der Waals surface area contributed by atoms with E-state index in [0.29, 0.717) is 19.1 Å². The highest BCUT2D eigenvalue weighted by molar-refractivity contribution is 6.18. The Labute approximate surface area is 100 Å². The van der Waals surface area contributed by atoms with Crippen LogP contribution in [0.2, 0.25) is 0 Å². The van der Waals surface area contributed by atoms with Crippen molar-refractivity contribution in [2.24, 2.45) is 0 Å². The highest BCUT2D eigenvalue weighted by Crippen LogP contribution is 2.03. The summed E-state index contributed by atoms with van der Waals surface area (Å²) in [7, 11) is 0. The van der Waals surface area contributed by atoms with Gasteiger partial charge >= 0.3 is 0 Å². The molecule has 0 saturated heterocycles. The lowest BCUT2D eigenvalue weighted by atomic mass is 10.2. The van der Waals surface area contributed by atoms with Crippen LogP contribution in [-0.4, -0.2) is 24.7 Å². The molecule has 4 heteroatoms. The number of hydrogen-bond donors (Lipinski definition) is 0. The Morgan fingerprint density at radius 1 is 1.13 bits per heavy atom. The van der Waals surface area contributed by atoms with Crippen molar-refractivity contribution < 1.29 is 9.47 Å². The molecular weight excluding hydrogens is 235 g/mol. The molecule has 0 unspecified atom stereocenters. The Morgan fingerprint density at radius 3 is 2.47 bits per heavy atom. The fourth-order valence-electron chi connectivity index (χ4n) is 1.11. The van der Waals surface area contributed by atoms with Gasteiger partial charge in [-0.05, 0) is 5.56 Å². The molecule has 15 heavy (non-hydrogen) atoms. The molecule has 0 radical (unpaired) electrons. The number of rotatable bonds is 7. The first kappa shape index (κ1) is 12.8. The zero-order chi connectivity index (χ0) is 10.9. The van der Waals surface area contributed by atoms with Crippen LogP contribution in [0.3, 0.4) is 0 Å². The molecule has 0 amide bonds. The van der Waals surface area contributed by atoms with Gasteiger partial charge in [0.25, 0.3) is 0 Å². The van der Waals surface area contributed by atoms with E-state index in [9.17, 15) is 0 Å². The molecule has 0 heterocycles. The van der Waals surface area contributed by atoms with Crippen molar-refractivity contribution in [3.05, 3.63) is 35.9 Å². The largest absolute Gasteiger partial charge is 0.374 e. The van der Waals surface area contributed by atoms with E-state index in [2.05, 4.69) is 0 Å². The third kappa shape index (κ3) is 5.38. The molecule has 0 aliphatic heterocycles. The zero-order valence-electron chi connectivity index (χ0n) is 8.36. The van der Waals surface area contributed by atoms with E-state index in [0.717, 1.165) is 5.56 Å². The molecule has 84 valence electrons. The van der Waals surface area contributed by atoms with Crippen LogP contribution in [0.25, 0.3) is 0 Å². The Hall–Kier alpha value is -0.280. The first-order chi connectivity index (χ1) is 7.36. The topological polar surface area (TPSA) is 18.5 Å². The highest BCUT2D eigenvalue weighted by atomic mass is 35.5. The minimum Gasteiger partial charge on any atom is -0.374 e. The van der Waals surface area contributed by atoms with Gasteiger partial charge < -0.3 is 9.47 Å². The van der Waals surface area contributed by atoms with E-state index in [1.165, 1.54) is 0 Å². The lowest BCUT2D eigenvalue weighted by Gasteiger charge is -2.13. The van der Waals surface area contributed by atoms with Gasteiger partial charge in [0.2, 0.25) is 0 Å². The normalized spacial score (nSPS) is 12.7. The smallest absolute Gasteiger partial charge is 0.121 e. The van der Waals surface area contributed by atoms with E-state index in [4.69, 9.17) is 32.7 Å². The van der Waals surface area contributed by atoms with Gasteiger partial charge in [-0.2, -0.15) is 0 Å². The van der Waals surface area contributed by atoms with Crippen LogP contribution in [-0.2, 0) is 16.1 Å². The Balaban J connectivity index is 2.20. The third-order valence-corrected chi connectivity index (χ3v) is 2.36. The molecule has 1 atom stereocenters.